The lowest BCUT2D eigenvalue weighted by atomic mass is 10.2. The molecule has 3 aromatic rings. The number of anilines is 1. The minimum atomic E-state index is 0. The van der Waals surface area contributed by atoms with Crippen LogP contribution in [0.5, 0.6) is 0 Å². The molecule has 1 unspecified atom stereocenters. The van der Waals surface area contributed by atoms with E-state index in [0.29, 0.717) is 6.54 Å². The number of halogens is 1. The Hall–Kier alpha value is -2.33. The van der Waals surface area contributed by atoms with E-state index in [0.717, 1.165) is 56.5 Å². The number of aromatic nitrogens is 2. The van der Waals surface area contributed by atoms with Gasteiger partial charge in [0.2, 0.25) is 0 Å². The number of para-hydroxylation sites is 1. The predicted octanol–water partition coefficient (Wildman–Crippen LogP) is 3.63. The summed E-state index contributed by atoms with van der Waals surface area (Å²) in [6.07, 6.45) is 5.37. The fourth-order valence-corrected chi connectivity index (χ4v) is 3.93. The largest absolute Gasteiger partial charge is 0.375 e. The molecule has 0 spiro atoms. The molecule has 4 rings (SSSR count). The number of aryl methyl sites for hydroxylation is 1. The Balaban J connectivity index is 0.00000289. The van der Waals surface area contributed by atoms with Crippen LogP contribution in [0.4, 0.5) is 5.82 Å². The molecule has 2 aromatic heterocycles. The van der Waals surface area contributed by atoms with E-state index in [1.807, 2.05) is 6.20 Å². The minimum absolute atomic E-state index is 0. The van der Waals surface area contributed by atoms with E-state index in [1.165, 1.54) is 10.9 Å². The summed E-state index contributed by atoms with van der Waals surface area (Å²) in [4.78, 5) is 11.2. The zero-order chi connectivity index (χ0) is 21.5. The van der Waals surface area contributed by atoms with Crippen LogP contribution in [0.1, 0.15) is 18.9 Å². The molecule has 3 heterocycles. The van der Waals surface area contributed by atoms with Gasteiger partial charge in [-0.2, -0.15) is 0 Å². The number of rotatable bonds is 7. The number of aliphatic imine (C=N–C) groups is 1. The summed E-state index contributed by atoms with van der Waals surface area (Å²) < 4.78 is 7.91. The van der Waals surface area contributed by atoms with Gasteiger partial charge in [-0.3, -0.25) is 4.99 Å². The zero-order valence-electron chi connectivity index (χ0n) is 18.8. The molecule has 1 fully saturated rings. The number of pyridine rings is 1. The van der Waals surface area contributed by atoms with Crippen LogP contribution in [-0.4, -0.2) is 54.9 Å². The molecule has 8 heteroatoms. The summed E-state index contributed by atoms with van der Waals surface area (Å²) in [6, 6.07) is 14.9. The second-order valence-corrected chi connectivity index (χ2v) is 7.93. The Morgan fingerprint density at radius 2 is 2.06 bits per heavy atom. The number of fused-ring (bicyclic) bond motifs is 1. The molecule has 7 nitrogen and oxygen atoms in total. The third-order valence-electron chi connectivity index (χ3n) is 5.61. The summed E-state index contributed by atoms with van der Waals surface area (Å²) in [6.45, 7) is 7.17. The fourth-order valence-electron chi connectivity index (χ4n) is 3.93. The molecule has 1 saturated heterocycles. The first kappa shape index (κ1) is 24.3. The van der Waals surface area contributed by atoms with Crippen molar-refractivity contribution < 1.29 is 4.74 Å². The van der Waals surface area contributed by atoms with Gasteiger partial charge in [0.25, 0.3) is 0 Å². The number of benzene rings is 1. The van der Waals surface area contributed by atoms with Crippen molar-refractivity contribution in [1.82, 2.24) is 20.2 Å². The van der Waals surface area contributed by atoms with E-state index in [9.17, 15) is 0 Å². The molecule has 0 amide bonds. The molecule has 0 bridgehead atoms. The van der Waals surface area contributed by atoms with Crippen LogP contribution in [-0.2, 0) is 17.8 Å². The molecule has 0 saturated carbocycles. The summed E-state index contributed by atoms with van der Waals surface area (Å²) in [5.41, 5.74) is 2.42. The predicted molar refractivity (Wildman–Crippen MR) is 142 cm³/mol. The van der Waals surface area contributed by atoms with Crippen molar-refractivity contribution >= 4 is 46.7 Å². The molecule has 0 radical (unpaired) electrons. The highest BCUT2D eigenvalue weighted by Gasteiger charge is 2.17. The van der Waals surface area contributed by atoms with Gasteiger partial charge in [-0.25, -0.2) is 4.98 Å². The molecule has 32 heavy (non-hydrogen) atoms. The van der Waals surface area contributed by atoms with E-state index in [4.69, 9.17) is 4.74 Å². The van der Waals surface area contributed by atoms with Crippen LogP contribution >= 0.6 is 24.0 Å². The second kappa shape index (κ2) is 12.1. The third kappa shape index (κ3) is 6.35. The minimum Gasteiger partial charge on any atom is -0.375 e. The van der Waals surface area contributed by atoms with Gasteiger partial charge in [0, 0.05) is 57.7 Å². The summed E-state index contributed by atoms with van der Waals surface area (Å²) in [7, 11) is 1.80. The van der Waals surface area contributed by atoms with Crippen molar-refractivity contribution in [3.8, 4) is 0 Å². The normalized spacial score (nSPS) is 16.6. The molecular formula is C24H33IN6O. The molecule has 172 valence electrons. The van der Waals surface area contributed by atoms with Crippen LogP contribution in [0.15, 0.2) is 59.9 Å². The number of nitrogens with zero attached hydrogens (tertiary/aromatic N) is 4. The third-order valence-corrected chi connectivity index (χ3v) is 5.61. The maximum absolute atomic E-state index is 5.61. The van der Waals surface area contributed by atoms with Gasteiger partial charge in [0.15, 0.2) is 5.96 Å². The second-order valence-electron chi connectivity index (χ2n) is 7.93. The lowest BCUT2D eigenvalue weighted by molar-refractivity contribution is 0.0529. The molecule has 1 aliphatic heterocycles. The van der Waals surface area contributed by atoms with Gasteiger partial charge >= 0.3 is 0 Å². The van der Waals surface area contributed by atoms with Gasteiger partial charge < -0.3 is 24.8 Å². The Kier molecular flexibility index (Phi) is 9.16. The average Bonchev–Trinajstić information content (AvgIpc) is 3.22. The van der Waals surface area contributed by atoms with Gasteiger partial charge in [0.1, 0.15) is 5.82 Å². The number of hydrogen-bond donors (Lipinski definition) is 2. The topological polar surface area (TPSA) is 66.7 Å². The van der Waals surface area contributed by atoms with E-state index in [-0.39, 0.29) is 30.1 Å². The van der Waals surface area contributed by atoms with Gasteiger partial charge in [0.05, 0.1) is 12.7 Å². The first-order chi connectivity index (χ1) is 15.2. The van der Waals surface area contributed by atoms with Crippen LogP contribution in [0.25, 0.3) is 10.9 Å². The number of guanidine groups is 1. The molecule has 1 aromatic carbocycles. The summed E-state index contributed by atoms with van der Waals surface area (Å²) in [5, 5.41) is 8.06. The monoisotopic (exact) mass is 548 g/mol. The van der Waals surface area contributed by atoms with Crippen molar-refractivity contribution in [2.75, 3.05) is 38.2 Å². The number of ether oxygens (including phenoxy) is 1. The van der Waals surface area contributed by atoms with Crippen molar-refractivity contribution in [1.29, 1.82) is 0 Å². The van der Waals surface area contributed by atoms with Crippen molar-refractivity contribution in [2.45, 2.75) is 32.5 Å². The van der Waals surface area contributed by atoms with E-state index in [2.05, 4.69) is 85.7 Å². The maximum atomic E-state index is 5.61. The Morgan fingerprint density at radius 1 is 1.19 bits per heavy atom. The molecule has 1 aliphatic rings. The number of nitrogens with one attached hydrogen (secondary N) is 2. The molecular weight excluding hydrogens is 515 g/mol. The highest BCUT2D eigenvalue weighted by Crippen LogP contribution is 2.16. The van der Waals surface area contributed by atoms with Crippen LogP contribution < -0.4 is 15.5 Å². The summed E-state index contributed by atoms with van der Waals surface area (Å²) >= 11 is 0. The Bertz CT molecular complexity index is 1000. The van der Waals surface area contributed by atoms with Crippen molar-refractivity contribution in [2.24, 2.45) is 4.99 Å². The van der Waals surface area contributed by atoms with Crippen LogP contribution in [0.3, 0.4) is 0 Å². The number of morpholine rings is 1. The Labute approximate surface area is 207 Å². The fraction of sp³-hybridized carbons (Fsp3) is 0.417. The van der Waals surface area contributed by atoms with E-state index in [1.54, 1.807) is 7.05 Å². The standard InChI is InChI=1S/C24H32N6O.HI/c1-19-18-30(14-15-31-19)23-9-8-20(16-27-23)17-28-24(25-2)26-11-5-12-29-13-10-21-6-3-4-7-22(21)29;/h3-4,6-10,13,16,19H,5,11-12,14-15,17-18H2,1-2H3,(H2,25,26,28);1H. The van der Waals surface area contributed by atoms with Gasteiger partial charge in [-0.1, -0.05) is 24.3 Å². The SMILES string of the molecule is CN=C(NCCCn1ccc2ccccc21)NCc1ccc(N2CCOC(C)C2)nc1.I. The highest BCUT2D eigenvalue weighted by atomic mass is 127. The van der Waals surface area contributed by atoms with Gasteiger partial charge in [-0.05, 0) is 42.5 Å². The zero-order valence-corrected chi connectivity index (χ0v) is 21.2. The number of hydrogen-bond acceptors (Lipinski definition) is 4. The van der Waals surface area contributed by atoms with E-state index >= 15 is 0 Å². The maximum Gasteiger partial charge on any atom is 0.191 e. The quantitative estimate of drug-likeness (QED) is 0.204. The smallest absolute Gasteiger partial charge is 0.191 e. The van der Waals surface area contributed by atoms with Crippen molar-refractivity contribution in [3.63, 3.8) is 0 Å². The van der Waals surface area contributed by atoms with Crippen LogP contribution in [0, 0.1) is 0 Å². The van der Waals surface area contributed by atoms with Crippen molar-refractivity contribution in [3.05, 3.63) is 60.4 Å². The lowest BCUT2D eigenvalue weighted by Gasteiger charge is -2.32. The molecule has 0 aliphatic carbocycles. The van der Waals surface area contributed by atoms with Crippen LogP contribution in [0.2, 0.25) is 0 Å². The van der Waals surface area contributed by atoms with Gasteiger partial charge in [-0.15, -0.1) is 24.0 Å². The first-order valence-corrected chi connectivity index (χ1v) is 11.0. The Morgan fingerprint density at radius 3 is 2.84 bits per heavy atom. The first-order valence-electron chi connectivity index (χ1n) is 11.0. The lowest BCUT2D eigenvalue weighted by Crippen LogP contribution is -2.41. The molecule has 1 atom stereocenters. The molecule has 2 N–H and O–H groups in total. The summed E-state index contributed by atoms with van der Waals surface area (Å²) in [5.74, 6) is 1.82. The highest BCUT2D eigenvalue weighted by molar-refractivity contribution is 14.0. The average molecular weight is 548 g/mol. The van der Waals surface area contributed by atoms with E-state index < -0.39 is 0 Å².